The van der Waals surface area contributed by atoms with Crippen LogP contribution in [0.5, 0.6) is 17.2 Å². The number of methoxy groups -OCH3 is 3. The fraction of sp³-hybridized carbons (Fsp3) is 0.308. The largest absolute Gasteiger partial charge is 0.496 e. The molecule has 1 aliphatic heterocycles. The summed E-state index contributed by atoms with van der Waals surface area (Å²) < 4.78 is 16.1. The fourth-order valence-electron chi connectivity index (χ4n) is 4.37. The average molecular weight is 483 g/mol. The summed E-state index contributed by atoms with van der Waals surface area (Å²) in [6.07, 6.45) is 1.42. The van der Waals surface area contributed by atoms with Gasteiger partial charge in [-0.2, -0.15) is 0 Å². The van der Waals surface area contributed by atoms with Crippen LogP contribution in [0.4, 0.5) is 5.69 Å². The van der Waals surface area contributed by atoms with Crippen LogP contribution in [0.3, 0.4) is 0 Å². The molecule has 34 heavy (non-hydrogen) atoms. The second-order valence-electron chi connectivity index (χ2n) is 8.13. The van der Waals surface area contributed by atoms with Crippen molar-refractivity contribution in [1.29, 1.82) is 0 Å². The molecule has 8 heteroatoms. The highest BCUT2D eigenvalue weighted by Crippen LogP contribution is 2.36. The Morgan fingerprint density at radius 1 is 0.941 bits per heavy atom. The number of likely N-dealkylation sites (tertiary alicyclic amines) is 1. The zero-order valence-corrected chi connectivity index (χ0v) is 20.1. The lowest BCUT2D eigenvalue weighted by Gasteiger charge is -2.32. The first kappa shape index (κ1) is 23.7. The lowest BCUT2D eigenvalue weighted by Crippen LogP contribution is -2.43. The van der Waals surface area contributed by atoms with Crippen molar-refractivity contribution in [3.63, 3.8) is 0 Å². The zero-order chi connectivity index (χ0) is 24.2. The molecule has 0 saturated carbocycles. The number of ether oxygens (including phenoxy) is 3. The Hall–Kier alpha value is -3.45. The van der Waals surface area contributed by atoms with Gasteiger partial charge in [0.05, 0.1) is 38.0 Å². The van der Waals surface area contributed by atoms with E-state index in [-0.39, 0.29) is 17.7 Å². The third kappa shape index (κ3) is 4.61. The Labute approximate surface area is 203 Å². The predicted octanol–water partition coefficient (Wildman–Crippen LogP) is 5.01. The highest BCUT2D eigenvalue weighted by molar-refractivity contribution is 6.32. The molecular weight excluding hydrogens is 456 g/mol. The number of nitrogens with one attached hydrogen (secondary N) is 1. The summed E-state index contributed by atoms with van der Waals surface area (Å²) in [4.78, 5) is 28.3. The van der Waals surface area contributed by atoms with Crippen molar-refractivity contribution in [1.82, 2.24) is 4.90 Å². The molecule has 0 aliphatic carbocycles. The van der Waals surface area contributed by atoms with E-state index in [0.29, 0.717) is 47.3 Å². The topological polar surface area (TPSA) is 77.1 Å². The van der Waals surface area contributed by atoms with Crippen molar-refractivity contribution in [2.24, 2.45) is 5.92 Å². The van der Waals surface area contributed by atoms with Crippen LogP contribution in [0.2, 0.25) is 5.02 Å². The number of hydrogen-bond acceptors (Lipinski definition) is 5. The number of carbonyl (C=O) groups excluding carboxylic acids is 2. The molecule has 7 nitrogen and oxygen atoms in total. The first-order chi connectivity index (χ1) is 16.5. The molecule has 0 bridgehead atoms. The van der Waals surface area contributed by atoms with Crippen molar-refractivity contribution < 1.29 is 23.8 Å². The Balaban J connectivity index is 1.54. The van der Waals surface area contributed by atoms with Gasteiger partial charge in [0, 0.05) is 36.2 Å². The van der Waals surface area contributed by atoms with Crippen LogP contribution in [-0.2, 0) is 4.79 Å². The summed E-state index contributed by atoms with van der Waals surface area (Å²) in [7, 11) is 4.63. The zero-order valence-electron chi connectivity index (χ0n) is 19.4. The van der Waals surface area contributed by atoms with E-state index < -0.39 is 0 Å². The molecule has 0 aromatic heterocycles. The Bertz CT molecular complexity index is 1230. The summed E-state index contributed by atoms with van der Waals surface area (Å²) in [5, 5.41) is 5.02. The van der Waals surface area contributed by atoms with Crippen molar-refractivity contribution in [2.75, 3.05) is 39.7 Å². The van der Waals surface area contributed by atoms with Crippen LogP contribution in [0.25, 0.3) is 10.8 Å². The molecule has 1 atom stereocenters. The highest BCUT2D eigenvalue weighted by atomic mass is 35.5. The molecule has 4 rings (SSSR count). The van der Waals surface area contributed by atoms with Crippen LogP contribution in [0.1, 0.15) is 23.2 Å². The van der Waals surface area contributed by atoms with Crippen molar-refractivity contribution in [3.8, 4) is 17.2 Å². The molecule has 1 heterocycles. The second kappa shape index (κ2) is 10.2. The molecule has 1 N–H and O–H groups in total. The number of halogens is 1. The van der Waals surface area contributed by atoms with Crippen molar-refractivity contribution in [3.05, 3.63) is 59.1 Å². The molecule has 178 valence electrons. The van der Waals surface area contributed by atoms with E-state index in [1.807, 2.05) is 30.3 Å². The third-order valence-corrected chi connectivity index (χ3v) is 6.44. The summed E-state index contributed by atoms with van der Waals surface area (Å²) in [6, 6.07) is 14.5. The van der Waals surface area contributed by atoms with Gasteiger partial charge in [-0.1, -0.05) is 35.9 Å². The quantitative estimate of drug-likeness (QED) is 0.534. The van der Waals surface area contributed by atoms with Gasteiger partial charge in [-0.15, -0.1) is 0 Å². The van der Waals surface area contributed by atoms with Gasteiger partial charge in [-0.25, -0.2) is 0 Å². The normalized spacial score (nSPS) is 15.6. The maximum atomic E-state index is 13.5. The monoisotopic (exact) mass is 482 g/mol. The first-order valence-electron chi connectivity index (χ1n) is 11.0. The van der Waals surface area contributed by atoms with Gasteiger partial charge in [-0.3, -0.25) is 9.59 Å². The van der Waals surface area contributed by atoms with Crippen LogP contribution < -0.4 is 19.5 Å². The fourth-order valence-corrected chi connectivity index (χ4v) is 4.61. The van der Waals surface area contributed by atoms with E-state index in [1.165, 1.54) is 14.2 Å². The van der Waals surface area contributed by atoms with Crippen molar-refractivity contribution in [2.45, 2.75) is 12.8 Å². The Morgan fingerprint density at radius 3 is 2.35 bits per heavy atom. The average Bonchev–Trinajstić information content (AvgIpc) is 2.88. The Morgan fingerprint density at radius 2 is 1.65 bits per heavy atom. The van der Waals surface area contributed by atoms with Gasteiger partial charge >= 0.3 is 0 Å². The summed E-state index contributed by atoms with van der Waals surface area (Å²) >= 11 is 6.17. The number of rotatable bonds is 6. The third-order valence-electron chi connectivity index (χ3n) is 6.15. The van der Waals surface area contributed by atoms with Crippen LogP contribution >= 0.6 is 11.6 Å². The van der Waals surface area contributed by atoms with Gasteiger partial charge in [0.15, 0.2) is 0 Å². The number of nitrogens with zero attached hydrogens (tertiary/aromatic N) is 1. The van der Waals surface area contributed by atoms with E-state index in [1.54, 1.807) is 30.2 Å². The molecule has 1 fully saturated rings. The molecule has 3 aromatic rings. The van der Waals surface area contributed by atoms with Gasteiger partial charge < -0.3 is 24.4 Å². The van der Waals surface area contributed by atoms with Gasteiger partial charge in [0.25, 0.3) is 5.91 Å². The number of anilines is 1. The molecule has 1 saturated heterocycles. The number of piperidine rings is 1. The molecule has 2 amide bonds. The molecule has 0 unspecified atom stereocenters. The standard InChI is InChI=1S/C26H27ClN2O5/c1-32-22-11-10-19(17-8-4-5-9-18(17)22)26(31)29-12-6-7-16(15-29)25(30)28-21-14-23(33-2)20(27)13-24(21)34-3/h4-5,8-11,13-14,16H,6-7,12,15H2,1-3H3,(H,28,30)/t16-/m0/s1. The van der Waals surface area contributed by atoms with Crippen LogP contribution in [-0.4, -0.2) is 51.1 Å². The maximum Gasteiger partial charge on any atom is 0.254 e. The molecule has 1 aliphatic rings. The molecule has 0 spiro atoms. The second-order valence-corrected chi connectivity index (χ2v) is 8.53. The van der Waals surface area contributed by atoms with E-state index in [0.717, 1.165) is 22.9 Å². The van der Waals surface area contributed by atoms with Crippen LogP contribution in [0.15, 0.2) is 48.5 Å². The van der Waals surface area contributed by atoms with E-state index in [4.69, 9.17) is 25.8 Å². The van der Waals surface area contributed by atoms with E-state index in [2.05, 4.69) is 5.32 Å². The number of fused-ring (bicyclic) bond motifs is 1. The van der Waals surface area contributed by atoms with Gasteiger partial charge in [-0.05, 0) is 30.4 Å². The summed E-state index contributed by atoms with van der Waals surface area (Å²) in [6.45, 7) is 0.930. The summed E-state index contributed by atoms with van der Waals surface area (Å²) in [5.74, 6) is 0.961. The molecule has 0 radical (unpaired) electrons. The highest BCUT2D eigenvalue weighted by Gasteiger charge is 2.30. The number of amides is 2. The van der Waals surface area contributed by atoms with E-state index in [9.17, 15) is 9.59 Å². The number of carbonyl (C=O) groups is 2. The molecule has 3 aromatic carbocycles. The predicted molar refractivity (Wildman–Crippen MR) is 132 cm³/mol. The minimum absolute atomic E-state index is 0.0953. The lowest BCUT2D eigenvalue weighted by molar-refractivity contribution is -0.121. The SMILES string of the molecule is COc1cc(NC(=O)[C@H]2CCCN(C(=O)c3ccc(OC)c4ccccc34)C2)c(OC)cc1Cl. The van der Waals surface area contributed by atoms with Gasteiger partial charge in [0.1, 0.15) is 17.2 Å². The van der Waals surface area contributed by atoms with Crippen molar-refractivity contribution >= 4 is 39.9 Å². The number of hydrogen-bond donors (Lipinski definition) is 1. The smallest absolute Gasteiger partial charge is 0.254 e. The van der Waals surface area contributed by atoms with Gasteiger partial charge in [0.2, 0.25) is 5.91 Å². The minimum atomic E-state index is -0.353. The minimum Gasteiger partial charge on any atom is -0.496 e. The summed E-state index contributed by atoms with van der Waals surface area (Å²) in [5.41, 5.74) is 1.07. The number of benzene rings is 3. The molecular formula is C26H27ClN2O5. The maximum absolute atomic E-state index is 13.5. The van der Waals surface area contributed by atoms with Crippen LogP contribution in [0, 0.1) is 5.92 Å². The first-order valence-corrected chi connectivity index (χ1v) is 11.4. The Kier molecular flexibility index (Phi) is 7.12. The van der Waals surface area contributed by atoms with E-state index >= 15 is 0 Å². The lowest BCUT2D eigenvalue weighted by atomic mass is 9.95.